The van der Waals surface area contributed by atoms with Gasteiger partial charge in [0.05, 0.1) is 23.5 Å². The highest BCUT2D eigenvalue weighted by Crippen LogP contribution is 2.32. The fourth-order valence-electron chi connectivity index (χ4n) is 3.65. The van der Waals surface area contributed by atoms with E-state index in [9.17, 15) is 9.90 Å². The quantitative estimate of drug-likeness (QED) is 0.123. The molecule has 4 rings (SSSR count). The van der Waals surface area contributed by atoms with E-state index in [0.29, 0.717) is 21.0 Å². The molecule has 0 atom stereocenters. The summed E-state index contributed by atoms with van der Waals surface area (Å²) in [6.07, 6.45) is 1.38. The molecule has 202 valence electrons. The molecule has 1 aromatic heterocycles. The summed E-state index contributed by atoms with van der Waals surface area (Å²) >= 11 is 7.89. The van der Waals surface area contributed by atoms with E-state index in [1.54, 1.807) is 19.2 Å². The molecule has 0 bridgehead atoms. The van der Waals surface area contributed by atoms with Gasteiger partial charge in [-0.05, 0) is 63.3 Å². The van der Waals surface area contributed by atoms with Gasteiger partial charge >= 0.3 is 0 Å². The molecule has 39 heavy (non-hydrogen) atoms. The number of nitrogens with one attached hydrogen (secondary N) is 1. The zero-order chi connectivity index (χ0) is 28.2. The van der Waals surface area contributed by atoms with Crippen molar-refractivity contribution in [2.24, 2.45) is 5.10 Å². The lowest BCUT2D eigenvalue weighted by Gasteiger charge is -2.19. The molecule has 0 aliphatic heterocycles. The minimum Gasteiger partial charge on any atom is -0.506 e. The van der Waals surface area contributed by atoms with Crippen LogP contribution in [-0.2, 0) is 10.2 Å². The zero-order valence-electron chi connectivity index (χ0n) is 21.8. The van der Waals surface area contributed by atoms with Crippen molar-refractivity contribution >= 4 is 55.7 Å². The van der Waals surface area contributed by atoms with Crippen molar-refractivity contribution in [1.82, 2.24) is 20.2 Å². The number of carbonyl (C=O) groups is 1. The molecule has 0 radical (unpaired) electrons. The smallest absolute Gasteiger partial charge is 0.250 e. The van der Waals surface area contributed by atoms with Crippen molar-refractivity contribution in [2.75, 3.05) is 12.9 Å². The number of phenolic OH excluding ortho intramolecular Hbond substituents is 1. The normalized spacial score (nSPS) is 11.6. The van der Waals surface area contributed by atoms with Crippen LogP contribution < -0.4 is 10.2 Å². The number of carbonyl (C=O) groups excluding carboxylic acids is 1. The molecule has 0 aliphatic rings. The summed E-state index contributed by atoms with van der Waals surface area (Å²) in [7, 11) is 1.62. The van der Waals surface area contributed by atoms with Crippen LogP contribution in [0.1, 0.15) is 31.9 Å². The summed E-state index contributed by atoms with van der Waals surface area (Å²) in [6, 6.07) is 19.3. The third-order valence-electron chi connectivity index (χ3n) is 5.76. The first-order chi connectivity index (χ1) is 18.6. The number of ether oxygens (including phenoxy) is 1. The number of phenols is 1. The molecule has 11 heteroatoms. The predicted molar refractivity (Wildman–Crippen MR) is 162 cm³/mol. The first-order valence-corrected chi connectivity index (χ1v) is 14.5. The SMILES string of the molecule is COc1ccc(-n2c(SCC(=O)N/N=C\c3cc(Br)cc(Br)c3O)nnc2-c2ccc(C(C)(C)C)cc2)cc1. The standard InChI is InChI=1S/C28H27Br2N5O3S/c1-28(2,3)19-7-5-17(6-8-19)26-33-34-27(35(26)21-9-11-22(38-4)12-10-21)39-16-24(36)32-31-15-18-13-20(29)14-23(30)25(18)37/h5-15,37H,16H2,1-4H3,(H,32,36)/b31-15-. The Morgan fingerprint density at radius 3 is 2.44 bits per heavy atom. The summed E-state index contributed by atoms with van der Waals surface area (Å²) in [4.78, 5) is 12.6. The van der Waals surface area contributed by atoms with Gasteiger partial charge in [-0.3, -0.25) is 9.36 Å². The number of hydrazone groups is 1. The van der Waals surface area contributed by atoms with E-state index in [1.807, 2.05) is 41.0 Å². The number of hydrogen-bond acceptors (Lipinski definition) is 7. The molecule has 3 aromatic carbocycles. The van der Waals surface area contributed by atoms with E-state index in [1.165, 1.54) is 23.5 Å². The van der Waals surface area contributed by atoms with E-state index in [2.05, 4.69) is 85.5 Å². The van der Waals surface area contributed by atoms with Crippen LogP contribution in [-0.4, -0.2) is 44.9 Å². The fourth-order valence-corrected chi connectivity index (χ4v) is 5.66. The minimum atomic E-state index is -0.329. The van der Waals surface area contributed by atoms with Gasteiger partial charge in [0.15, 0.2) is 11.0 Å². The molecule has 8 nitrogen and oxygen atoms in total. The van der Waals surface area contributed by atoms with Gasteiger partial charge in [0.2, 0.25) is 0 Å². The second kappa shape index (κ2) is 12.4. The zero-order valence-corrected chi connectivity index (χ0v) is 25.8. The number of thioether (sulfide) groups is 1. The van der Waals surface area contributed by atoms with Crippen molar-refractivity contribution in [3.05, 3.63) is 80.7 Å². The molecule has 0 saturated heterocycles. The van der Waals surface area contributed by atoms with E-state index in [0.717, 1.165) is 21.5 Å². The van der Waals surface area contributed by atoms with Crippen LogP contribution in [0, 0.1) is 0 Å². The van der Waals surface area contributed by atoms with E-state index >= 15 is 0 Å². The Kier molecular flexibility index (Phi) is 9.14. The van der Waals surface area contributed by atoms with Crippen LogP contribution >= 0.6 is 43.6 Å². The molecular formula is C28H27Br2N5O3S. The summed E-state index contributed by atoms with van der Waals surface area (Å²) in [6.45, 7) is 6.52. The van der Waals surface area contributed by atoms with Crippen molar-refractivity contribution in [3.8, 4) is 28.6 Å². The lowest BCUT2D eigenvalue weighted by Crippen LogP contribution is -2.20. The van der Waals surface area contributed by atoms with Crippen molar-refractivity contribution in [1.29, 1.82) is 0 Å². The molecular weight excluding hydrogens is 646 g/mol. The monoisotopic (exact) mass is 671 g/mol. The molecule has 0 fully saturated rings. The highest BCUT2D eigenvalue weighted by atomic mass is 79.9. The largest absolute Gasteiger partial charge is 0.506 e. The number of amides is 1. The van der Waals surface area contributed by atoms with Gasteiger partial charge in [0.1, 0.15) is 11.5 Å². The number of methoxy groups -OCH3 is 1. The predicted octanol–water partition coefficient (Wildman–Crippen LogP) is 6.71. The third kappa shape index (κ3) is 7.09. The van der Waals surface area contributed by atoms with Gasteiger partial charge < -0.3 is 9.84 Å². The Bertz CT molecular complexity index is 1500. The van der Waals surface area contributed by atoms with Crippen LogP contribution in [0.5, 0.6) is 11.5 Å². The highest BCUT2D eigenvalue weighted by molar-refractivity contribution is 9.11. The molecule has 0 aliphatic carbocycles. The summed E-state index contributed by atoms with van der Waals surface area (Å²) in [5.41, 5.74) is 5.95. The van der Waals surface area contributed by atoms with Gasteiger partial charge in [0.25, 0.3) is 5.91 Å². The van der Waals surface area contributed by atoms with Gasteiger partial charge in [-0.15, -0.1) is 10.2 Å². The third-order valence-corrected chi connectivity index (χ3v) is 7.75. The number of aromatic hydroxyl groups is 1. The topological polar surface area (TPSA) is 102 Å². The van der Waals surface area contributed by atoms with Crippen LogP contribution in [0.2, 0.25) is 0 Å². The molecule has 4 aromatic rings. The summed E-state index contributed by atoms with van der Waals surface area (Å²) in [5.74, 6) is 1.16. The van der Waals surface area contributed by atoms with Gasteiger partial charge in [-0.1, -0.05) is 72.7 Å². The number of hydrogen-bond donors (Lipinski definition) is 2. The van der Waals surface area contributed by atoms with Crippen molar-refractivity contribution in [3.63, 3.8) is 0 Å². The molecule has 0 spiro atoms. The maximum atomic E-state index is 12.6. The van der Waals surface area contributed by atoms with Crippen LogP contribution in [0.25, 0.3) is 17.1 Å². The summed E-state index contributed by atoms with van der Waals surface area (Å²) in [5, 5.41) is 23.6. The Balaban J connectivity index is 1.55. The van der Waals surface area contributed by atoms with E-state index in [4.69, 9.17) is 4.74 Å². The van der Waals surface area contributed by atoms with Crippen LogP contribution in [0.4, 0.5) is 0 Å². The molecule has 0 saturated carbocycles. The first-order valence-electron chi connectivity index (χ1n) is 11.9. The van der Waals surface area contributed by atoms with Crippen molar-refractivity contribution < 1.29 is 14.6 Å². The first kappa shape index (κ1) is 28.8. The molecule has 1 heterocycles. The maximum absolute atomic E-state index is 12.6. The van der Waals surface area contributed by atoms with E-state index < -0.39 is 0 Å². The minimum absolute atomic E-state index is 0.0289. The Hall–Kier alpha value is -3.15. The van der Waals surface area contributed by atoms with Crippen LogP contribution in [0.3, 0.4) is 0 Å². The van der Waals surface area contributed by atoms with Gasteiger partial charge in [-0.25, -0.2) is 5.43 Å². The second-order valence-corrected chi connectivity index (χ2v) is 12.3. The summed E-state index contributed by atoms with van der Waals surface area (Å²) < 4.78 is 8.51. The van der Waals surface area contributed by atoms with Crippen LogP contribution in [0.15, 0.2) is 79.9 Å². The highest BCUT2D eigenvalue weighted by Gasteiger charge is 2.19. The Labute approximate surface area is 248 Å². The maximum Gasteiger partial charge on any atom is 0.250 e. The average Bonchev–Trinajstić information content (AvgIpc) is 3.33. The number of rotatable bonds is 8. The molecule has 0 unspecified atom stereocenters. The molecule has 1 amide bonds. The molecule has 2 N–H and O–H groups in total. The Morgan fingerprint density at radius 2 is 1.79 bits per heavy atom. The average molecular weight is 673 g/mol. The number of benzene rings is 3. The number of aromatic nitrogens is 3. The lowest BCUT2D eigenvalue weighted by atomic mass is 9.87. The fraction of sp³-hybridized carbons (Fsp3) is 0.214. The number of nitrogens with zero attached hydrogens (tertiary/aromatic N) is 4. The number of halogens is 2. The second-order valence-electron chi connectivity index (χ2n) is 9.57. The van der Waals surface area contributed by atoms with Gasteiger partial charge in [0, 0.05) is 21.3 Å². The van der Waals surface area contributed by atoms with E-state index in [-0.39, 0.29) is 22.8 Å². The van der Waals surface area contributed by atoms with Gasteiger partial charge in [-0.2, -0.15) is 5.10 Å². The Morgan fingerprint density at radius 1 is 1.10 bits per heavy atom. The van der Waals surface area contributed by atoms with Crippen molar-refractivity contribution in [2.45, 2.75) is 31.3 Å². The lowest BCUT2D eigenvalue weighted by molar-refractivity contribution is -0.118.